The van der Waals surface area contributed by atoms with Crippen LogP contribution in [0.4, 0.5) is 17.3 Å². The average molecular weight is 367 g/mol. The van der Waals surface area contributed by atoms with E-state index in [-0.39, 0.29) is 5.91 Å². The second-order valence-electron chi connectivity index (χ2n) is 5.89. The topological polar surface area (TPSA) is 66.9 Å². The van der Waals surface area contributed by atoms with E-state index in [0.29, 0.717) is 22.2 Å². The van der Waals surface area contributed by atoms with Crippen LogP contribution in [-0.2, 0) is 6.42 Å². The van der Waals surface area contributed by atoms with Gasteiger partial charge in [0, 0.05) is 28.8 Å². The first-order valence-electron chi connectivity index (χ1n) is 8.30. The number of aromatic nitrogens is 2. The fourth-order valence-corrected chi connectivity index (χ4v) is 2.52. The molecule has 0 aliphatic rings. The molecule has 0 bridgehead atoms. The summed E-state index contributed by atoms with van der Waals surface area (Å²) in [6.07, 6.45) is 3.97. The molecule has 0 saturated heterocycles. The van der Waals surface area contributed by atoms with Crippen molar-refractivity contribution in [2.75, 3.05) is 10.6 Å². The standard InChI is InChI=1S/C20H19ClN4O/c1-3-14-5-8-16(9-6-14)25-20-22-11-15(12-23-20)19(26)24-17-7-4-13(2)18(21)10-17/h4-12H,3H2,1-2H3,(H,24,26)(H,22,23,25). The molecule has 0 atom stereocenters. The molecule has 5 nitrogen and oxygen atoms in total. The van der Waals surface area contributed by atoms with Crippen molar-refractivity contribution in [2.24, 2.45) is 0 Å². The van der Waals surface area contributed by atoms with Crippen molar-refractivity contribution in [3.63, 3.8) is 0 Å². The first-order valence-corrected chi connectivity index (χ1v) is 8.68. The Morgan fingerprint density at radius 2 is 1.69 bits per heavy atom. The fraction of sp³-hybridized carbons (Fsp3) is 0.150. The number of rotatable bonds is 5. The van der Waals surface area contributed by atoms with Crippen LogP contribution in [0.15, 0.2) is 54.9 Å². The highest BCUT2D eigenvalue weighted by Gasteiger charge is 2.09. The van der Waals surface area contributed by atoms with Gasteiger partial charge in [0.2, 0.25) is 5.95 Å². The Morgan fingerprint density at radius 3 is 2.31 bits per heavy atom. The first-order chi connectivity index (χ1) is 12.5. The molecular formula is C20H19ClN4O. The smallest absolute Gasteiger partial charge is 0.258 e. The van der Waals surface area contributed by atoms with Gasteiger partial charge in [0.15, 0.2) is 0 Å². The van der Waals surface area contributed by atoms with Crippen molar-refractivity contribution in [1.29, 1.82) is 0 Å². The maximum Gasteiger partial charge on any atom is 0.258 e. The van der Waals surface area contributed by atoms with Crippen LogP contribution in [0.1, 0.15) is 28.4 Å². The minimum absolute atomic E-state index is 0.288. The number of carbonyl (C=O) groups excluding carboxylic acids is 1. The summed E-state index contributed by atoms with van der Waals surface area (Å²) in [5, 5.41) is 6.50. The molecule has 6 heteroatoms. The van der Waals surface area contributed by atoms with E-state index in [1.807, 2.05) is 25.1 Å². The molecule has 0 unspecified atom stereocenters. The molecule has 3 aromatic rings. The van der Waals surface area contributed by atoms with Crippen molar-refractivity contribution in [2.45, 2.75) is 20.3 Å². The molecule has 1 amide bonds. The second-order valence-corrected chi connectivity index (χ2v) is 6.30. The molecule has 0 spiro atoms. The van der Waals surface area contributed by atoms with Crippen LogP contribution in [0.5, 0.6) is 0 Å². The Balaban J connectivity index is 1.66. The highest BCUT2D eigenvalue weighted by atomic mass is 35.5. The number of hydrogen-bond donors (Lipinski definition) is 2. The quantitative estimate of drug-likeness (QED) is 0.667. The van der Waals surface area contributed by atoms with Crippen LogP contribution in [0.25, 0.3) is 0 Å². The van der Waals surface area contributed by atoms with E-state index in [9.17, 15) is 4.79 Å². The van der Waals surface area contributed by atoms with Crippen LogP contribution < -0.4 is 10.6 Å². The predicted octanol–water partition coefficient (Wildman–Crippen LogP) is 5.00. The monoisotopic (exact) mass is 366 g/mol. The third-order valence-corrected chi connectivity index (χ3v) is 4.37. The largest absolute Gasteiger partial charge is 0.324 e. The summed E-state index contributed by atoms with van der Waals surface area (Å²) in [5.41, 5.74) is 4.11. The zero-order chi connectivity index (χ0) is 18.5. The van der Waals surface area contributed by atoms with Gasteiger partial charge in [0.05, 0.1) is 5.56 Å². The average Bonchev–Trinajstić information content (AvgIpc) is 2.66. The van der Waals surface area contributed by atoms with E-state index < -0.39 is 0 Å². The molecule has 2 aromatic carbocycles. The van der Waals surface area contributed by atoms with E-state index in [2.05, 4.69) is 39.7 Å². The summed E-state index contributed by atoms with van der Waals surface area (Å²) in [7, 11) is 0. The van der Waals surface area contributed by atoms with Crippen LogP contribution in [0, 0.1) is 6.92 Å². The van der Waals surface area contributed by atoms with E-state index in [1.54, 1.807) is 12.1 Å². The van der Waals surface area contributed by atoms with Gasteiger partial charge in [-0.2, -0.15) is 0 Å². The van der Waals surface area contributed by atoms with Crippen molar-refractivity contribution < 1.29 is 4.79 Å². The van der Waals surface area contributed by atoms with E-state index in [1.165, 1.54) is 18.0 Å². The third-order valence-electron chi connectivity index (χ3n) is 3.96. The first kappa shape index (κ1) is 17.9. The van der Waals surface area contributed by atoms with Crippen LogP contribution in [0.2, 0.25) is 5.02 Å². The van der Waals surface area contributed by atoms with E-state index in [4.69, 9.17) is 11.6 Å². The zero-order valence-corrected chi connectivity index (χ0v) is 15.3. The molecule has 3 rings (SSSR count). The molecule has 0 saturated carbocycles. The third kappa shape index (κ3) is 4.37. The summed E-state index contributed by atoms with van der Waals surface area (Å²) in [4.78, 5) is 20.7. The Hall–Kier alpha value is -2.92. The van der Waals surface area contributed by atoms with Crippen molar-refractivity contribution in [3.05, 3.63) is 76.6 Å². The Morgan fingerprint density at radius 1 is 1.04 bits per heavy atom. The number of aryl methyl sites for hydroxylation is 2. The Bertz CT molecular complexity index is 908. The maximum atomic E-state index is 12.3. The number of amides is 1. The number of hydrogen-bond acceptors (Lipinski definition) is 4. The number of nitrogens with one attached hydrogen (secondary N) is 2. The van der Waals surface area contributed by atoms with Crippen LogP contribution >= 0.6 is 11.6 Å². The lowest BCUT2D eigenvalue weighted by atomic mass is 10.1. The lowest BCUT2D eigenvalue weighted by Crippen LogP contribution is -2.13. The molecule has 0 aliphatic carbocycles. The number of benzene rings is 2. The molecule has 132 valence electrons. The summed E-state index contributed by atoms with van der Waals surface area (Å²) in [5.74, 6) is 0.146. The van der Waals surface area contributed by atoms with Gasteiger partial charge < -0.3 is 10.6 Å². The number of halogens is 1. The highest BCUT2D eigenvalue weighted by molar-refractivity contribution is 6.31. The highest BCUT2D eigenvalue weighted by Crippen LogP contribution is 2.20. The normalized spacial score (nSPS) is 10.4. The van der Waals surface area contributed by atoms with Gasteiger partial charge >= 0.3 is 0 Å². The lowest BCUT2D eigenvalue weighted by molar-refractivity contribution is 0.102. The number of anilines is 3. The van der Waals surface area contributed by atoms with Crippen molar-refractivity contribution >= 4 is 34.8 Å². The molecule has 2 N–H and O–H groups in total. The summed E-state index contributed by atoms with van der Waals surface area (Å²) >= 11 is 6.08. The summed E-state index contributed by atoms with van der Waals surface area (Å²) in [6.45, 7) is 4.02. The van der Waals surface area contributed by atoms with Gasteiger partial charge in [0.25, 0.3) is 5.91 Å². The number of nitrogens with zero attached hydrogens (tertiary/aromatic N) is 2. The lowest BCUT2D eigenvalue weighted by Gasteiger charge is -2.08. The molecule has 0 fully saturated rings. The van der Waals surface area contributed by atoms with Gasteiger partial charge in [0.1, 0.15) is 0 Å². The van der Waals surface area contributed by atoms with Gasteiger partial charge in [-0.15, -0.1) is 0 Å². The Labute approximate surface area is 157 Å². The van der Waals surface area contributed by atoms with Gasteiger partial charge in [-0.3, -0.25) is 4.79 Å². The van der Waals surface area contributed by atoms with Crippen molar-refractivity contribution in [1.82, 2.24) is 9.97 Å². The van der Waals surface area contributed by atoms with Crippen LogP contribution in [-0.4, -0.2) is 15.9 Å². The molecular weight excluding hydrogens is 348 g/mol. The van der Waals surface area contributed by atoms with Gasteiger partial charge in [-0.05, 0) is 48.7 Å². The van der Waals surface area contributed by atoms with Crippen molar-refractivity contribution in [3.8, 4) is 0 Å². The van der Waals surface area contributed by atoms with Gasteiger partial charge in [-0.1, -0.05) is 36.7 Å². The fourth-order valence-electron chi connectivity index (χ4n) is 2.34. The van der Waals surface area contributed by atoms with Crippen LogP contribution in [0.3, 0.4) is 0 Å². The van der Waals surface area contributed by atoms with E-state index >= 15 is 0 Å². The maximum absolute atomic E-state index is 12.3. The molecule has 1 heterocycles. The molecule has 0 aliphatic heterocycles. The van der Waals surface area contributed by atoms with E-state index in [0.717, 1.165) is 17.7 Å². The SMILES string of the molecule is CCc1ccc(Nc2ncc(C(=O)Nc3ccc(C)c(Cl)c3)cn2)cc1. The zero-order valence-electron chi connectivity index (χ0n) is 14.6. The molecule has 1 aromatic heterocycles. The van der Waals surface area contributed by atoms with Gasteiger partial charge in [-0.25, -0.2) is 9.97 Å². The number of carbonyl (C=O) groups is 1. The summed E-state index contributed by atoms with van der Waals surface area (Å²) in [6, 6.07) is 13.4. The minimum atomic E-state index is -0.288. The predicted molar refractivity (Wildman–Crippen MR) is 105 cm³/mol. The molecule has 0 radical (unpaired) electrons. The second kappa shape index (κ2) is 7.97. The summed E-state index contributed by atoms with van der Waals surface area (Å²) < 4.78 is 0. The molecule has 26 heavy (non-hydrogen) atoms. The minimum Gasteiger partial charge on any atom is -0.324 e. The Kier molecular flexibility index (Phi) is 5.49.